The number of carbonyl (C=O) groups excluding carboxylic acids is 2. The number of aromatic carboxylic acids is 1. The van der Waals surface area contributed by atoms with Gasteiger partial charge in [-0.05, 0) is 6.08 Å². The fourth-order valence-electron chi connectivity index (χ4n) is 1.27. The molecule has 8 heteroatoms. The Hall–Kier alpha value is -2.19. The normalized spacial score (nSPS) is 12.2. The number of rotatable bonds is 4. The lowest BCUT2D eigenvalue weighted by Gasteiger charge is -2.16. The molecule has 1 rings (SSSR count). The Bertz CT molecular complexity index is 627. The molecule has 7 nitrogen and oxygen atoms in total. The molecule has 18 heavy (non-hydrogen) atoms. The van der Waals surface area contributed by atoms with Crippen molar-refractivity contribution in [1.29, 1.82) is 0 Å². The van der Waals surface area contributed by atoms with Crippen molar-refractivity contribution in [3.05, 3.63) is 41.5 Å². The molecular weight excluding hydrogens is 264 g/mol. The van der Waals surface area contributed by atoms with E-state index >= 15 is 0 Å². The van der Waals surface area contributed by atoms with Crippen LogP contribution >= 0.6 is 0 Å². The van der Waals surface area contributed by atoms with Crippen LogP contribution in [0.1, 0.15) is 15.9 Å². The third-order valence-electron chi connectivity index (χ3n) is 1.93. The molecule has 1 aromatic rings. The number of benzene rings is 1. The summed E-state index contributed by atoms with van der Waals surface area (Å²) in [6, 6.07) is 4.48. The number of hydrogen-bond donors (Lipinski definition) is 0. The number of carboxylic acid groups (broad SMARTS) is 2. The third-order valence-corrected chi connectivity index (χ3v) is 2.81. The molecule has 0 fully saturated rings. The van der Waals surface area contributed by atoms with Crippen molar-refractivity contribution in [3.8, 4) is 0 Å². The lowest BCUT2D eigenvalue weighted by Crippen LogP contribution is -2.25. The molecule has 0 atom stereocenters. The van der Waals surface area contributed by atoms with Gasteiger partial charge in [0.2, 0.25) is 0 Å². The highest BCUT2D eigenvalue weighted by Gasteiger charge is 2.13. The lowest BCUT2D eigenvalue weighted by molar-refractivity contribution is -0.297. The first kappa shape index (κ1) is 13.9. The van der Waals surface area contributed by atoms with Crippen molar-refractivity contribution in [2.24, 2.45) is 0 Å². The molecule has 0 bridgehead atoms. The molecule has 0 aliphatic carbocycles. The van der Waals surface area contributed by atoms with Crippen molar-refractivity contribution in [2.45, 2.75) is 0 Å². The Balaban J connectivity index is 3.60. The minimum atomic E-state index is -5.17. The minimum Gasteiger partial charge on any atom is -0.744 e. The van der Waals surface area contributed by atoms with Gasteiger partial charge in [0.05, 0.1) is 16.8 Å². The van der Waals surface area contributed by atoms with E-state index in [-0.39, 0.29) is 6.08 Å². The smallest absolute Gasteiger partial charge is 0.125 e. The van der Waals surface area contributed by atoms with Gasteiger partial charge in [0.25, 0.3) is 0 Å². The summed E-state index contributed by atoms with van der Waals surface area (Å²) in [6.07, 6.45) is 0.0319. The van der Waals surface area contributed by atoms with Gasteiger partial charge < -0.3 is 24.4 Å². The molecule has 0 N–H and O–H groups in total. The summed E-state index contributed by atoms with van der Waals surface area (Å²) >= 11 is 0. The van der Waals surface area contributed by atoms with Gasteiger partial charge in [0, 0.05) is 11.1 Å². The van der Waals surface area contributed by atoms with Crippen LogP contribution in [0, 0.1) is 0 Å². The summed E-state index contributed by atoms with van der Waals surface area (Å²) in [6.45, 7) is 0. The average Bonchev–Trinajstić information content (AvgIpc) is 2.24. The quantitative estimate of drug-likeness (QED) is 0.442. The number of hydrogen-bond acceptors (Lipinski definition) is 7. The number of aliphatic carboxylic acids is 1. The first-order valence-corrected chi connectivity index (χ1v) is 5.83. The van der Waals surface area contributed by atoms with Crippen molar-refractivity contribution >= 4 is 27.0 Å². The average molecular weight is 269 g/mol. The summed E-state index contributed by atoms with van der Waals surface area (Å²) in [4.78, 5) is 19.9. The number of carbonyl (C=O) groups is 2. The molecule has 0 saturated carbocycles. The maximum Gasteiger partial charge on any atom is 0.125 e. The second-order valence-electron chi connectivity index (χ2n) is 3.11. The maximum atomic E-state index is 10.9. The van der Waals surface area contributed by atoms with Crippen LogP contribution in [0.3, 0.4) is 0 Å². The van der Waals surface area contributed by atoms with Gasteiger partial charge in [0.1, 0.15) is 10.1 Å². The summed E-state index contributed by atoms with van der Waals surface area (Å²) in [5.41, 5.74) is -1.17. The zero-order valence-corrected chi connectivity index (χ0v) is 9.47. The fraction of sp³-hybridized carbons (Fsp3) is 0. The lowest BCUT2D eigenvalue weighted by atomic mass is 10.1. The van der Waals surface area contributed by atoms with E-state index in [0.29, 0.717) is 0 Å². The Morgan fingerprint density at radius 2 is 1.56 bits per heavy atom. The largest absolute Gasteiger partial charge is 0.744 e. The van der Waals surface area contributed by atoms with Crippen LogP contribution in [0.15, 0.2) is 30.3 Å². The number of carboxylic acids is 2. The van der Waals surface area contributed by atoms with E-state index in [9.17, 15) is 32.8 Å². The van der Waals surface area contributed by atoms with E-state index in [1.165, 1.54) is 12.1 Å². The molecule has 1 aromatic carbocycles. The Morgan fingerprint density at radius 1 is 1.06 bits per heavy atom. The molecule has 0 spiro atoms. The molecule has 0 amide bonds. The Kier molecular flexibility index (Phi) is 3.84. The molecule has 0 saturated heterocycles. The molecule has 0 aliphatic heterocycles. The van der Waals surface area contributed by atoms with E-state index in [4.69, 9.17) is 0 Å². The first-order chi connectivity index (χ1) is 8.23. The van der Waals surface area contributed by atoms with E-state index in [0.717, 1.165) is 12.1 Å². The topological polar surface area (TPSA) is 137 Å². The van der Waals surface area contributed by atoms with E-state index in [2.05, 4.69) is 0 Å². The van der Waals surface area contributed by atoms with Crippen molar-refractivity contribution in [3.63, 3.8) is 0 Å². The van der Waals surface area contributed by atoms with E-state index < -0.39 is 38.1 Å². The van der Waals surface area contributed by atoms with Gasteiger partial charge in [-0.3, -0.25) is 0 Å². The van der Waals surface area contributed by atoms with Crippen LogP contribution in [0.5, 0.6) is 0 Å². The SMILES string of the molecule is O=C([O-])/C=C(/c1ccccc1C(=O)[O-])S(=O)(=O)[O-]. The molecular formula is C10H5O7S-3. The monoisotopic (exact) mass is 269 g/mol. The van der Waals surface area contributed by atoms with Gasteiger partial charge in [-0.1, -0.05) is 24.3 Å². The highest BCUT2D eigenvalue weighted by molar-refractivity contribution is 7.95. The predicted octanol–water partition coefficient (Wildman–Crippen LogP) is -2.31. The summed E-state index contributed by atoms with van der Waals surface area (Å²) in [7, 11) is -5.17. The van der Waals surface area contributed by atoms with E-state index in [1.807, 2.05) is 0 Å². The molecule has 96 valence electrons. The van der Waals surface area contributed by atoms with Gasteiger partial charge in [0.15, 0.2) is 0 Å². The molecule has 0 heterocycles. The molecule has 0 unspecified atom stereocenters. The van der Waals surface area contributed by atoms with Crippen molar-refractivity contribution in [1.82, 2.24) is 0 Å². The van der Waals surface area contributed by atoms with Crippen LogP contribution in [-0.4, -0.2) is 24.9 Å². The van der Waals surface area contributed by atoms with E-state index in [1.54, 1.807) is 0 Å². The van der Waals surface area contributed by atoms with Crippen molar-refractivity contribution < 1.29 is 32.8 Å². The molecule has 0 aliphatic rings. The first-order valence-electron chi connectivity index (χ1n) is 4.43. The third kappa shape index (κ3) is 3.15. The van der Waals surface area contributed by atoms with Crippen LogP contribution in [0.2, 0.25) is 0 Å². The van der Waals surface area contributed by atoms with Gasteiger partial charge in [-0.2, -0.15) is 0 Å². The maximum absolute atomic E-state index is 10.9. The van der Waals surface area contributed by atoms with Crippen LogP contribution < -0.4 is 10.2 Å². The predicted molar refractivity (Wildman–Crippen MR) is 53.5 cm³/mol. The van der Waals surface area contributed by atoms with Gasteiger partial charge in [-0.25, -0.2) is 8.42 Å². The highest BCUT2D eigenvalue weighted by Crippen LogP contribution is 2.23. The standard InChI is InChI=1S/C10H8O7S/c11-9(12)5-8(18(15,16)17)6-3-1-2-4-7(6)10(13)14/h1-5H,(H,11,12)(H,13,14)(H,15,16,17)/p-3/b8-5-. The summed E-state index contributed by atoms with van der Waals surface area (Å²) in [5.74, 6) is -3.67. The van der Waals surface area contributed by atoms with Crippen LogP contribution in [-0.2, 0) is 14.9 Å². The van der Waals surface area contributed by atoms with Crippen LogP contribution in [0.4, 0.5) is 0 Å². The van der Waals surface area contributed by atoms with Crippen molar-refractivity contribution in [2.75, 3.05) is 0 Å². The van der Waals surface area contributed by atoms with Crippen LogP contribution in [0.25, 0.3) is 4.91 Å². The fourth-order valence-corrected chi connectivity index (χ4v) is 1.96. The zero-order valence-electron chi connectivity index (χ0n) is 8.65. The Labute approximate surface area is 102 Å². The minimum absolute atomic E-state index is 0.0319. The second kappa shape index (κ2) is 4.98. The Morgan fingerprint density at radius 3 is 1.94 bits per heavy atom. The molecule has 0 radical (unpaired) electrons. The highest BCUT2D eigenvalue weighted by atomic mass is 32.2. The second-order valence-corrected chi connectivity index (χ2v) is 4.46. The summed E-state index contributed by atoms with van der Waals surface area (Å²) in [5, 5.41) is 21.1. The zero-order chi connectivity index (χ0) is 13.9. The summed E-state index contributed by atoms with van der Waals surface area (Å²) < 4.78 is 32.7. The van der Waals surface area contributed by atoms with Gasteiger partial charge >= 0.3 is 0 Å². The van der Waals surface area contributed by atoms with Gasteiger partial charge in [-0.15, -0.1) is 0 Å². The molecule has 0 aromatic heterocycles.